The van der Waals surface area contributed by atoms with Gasteiger partial charge in [-0.2, -0.15) is 0 Å². The smallest absolute Gasteiger partial charge is 0.254 e. The van der Waals surface area contributed by atoms with Crippen molar-refractivity contribution in [2.45, 2.75) is 6.42 Å². The molecule has 2 rings (SSSR count). The molecule has 0 atom stereocenters. The van der Waals surface area contributed by atoms with Gasteiger partial charge in [-0.05, 0) is 40.0 Å². The zero-order valence-corrected chi connectivity index (χ0v) is 12.3. The molecule has 0 aliphatic rings. The fraction of sp³-hybridized carbons (Fsp3) is 0.154. The number of carbonyl (C=O) groups is 1. The molecule has 4 nitrogen and oxygen atoms in total. The van der Waals surface area contributed by atoms with Crippen LogP contribution in [0.15, 0.2) is 41.3 Å². The summed E-state index contributed by atoms with van der Waals surface area (Å²) in [4.78, 5) is 19.9. The van der Waals surface area contributed by atoms with Gasteiger partial charge in [0.2, 0.25) is 0 Å². The Kier molecular flexibility index (Phi) is 4.87. The van der Waals surface area contributed by atoms with E-state index >= 15 is 0 Å². The molecule has 98 valence electrons. The maximum absolute atomic E-state index is 11.9. The minimum atomic E-state index is -0.234. The summed E-state index contributed by atoms with van der Waals surface area (Å²) in [5.74, 6) is -0.234. The van der Waals surface area contributed by atoms with E-state index in [0.717, 1.165) is 12.0 Å². The molecular weight excluding hydrogens is 330 g/mol. The number of aromatic nitrogens is 2. The minimum Gasteiger partial charge on any atom is -0.352 e. The molecule has 0 unspecified atom stereocenters. The lowest BCUT2D eigenvalue weighted by Crippen LogP contribution is -2.26. The molecule has 2 heterocycles. The van der Waals surface area contributed by atoms with Gasteiger partial charge < -0.3 is 5.32 Å². The lowest BCUT2D eigenvalue weighted by molar-refractivity contribution is 0.0954. The van der Waals surface area contributed by atoms with Crippen molar-refractivity contribution in [1.82, 2.24) is 15.3 Å². The Balaban J connectivity index is 1.93. The Morgan fingerprint density at radius 2 is 2.26 bits per heavy atom. The van der Waals surface area contributed by atoms with Crippen LogP contribution in [0.3, 0.4) is 0 Å². The first-order chi connectivity index (χ1) is 9.16. The summed E-state index contributed by atoms with van der Waals surface area (Å²) < 4.78 is 0.717. The molecule has 0 saturated carbocycles. The van der Waals surface area contributed by atoms with Crippen LogP contribution in [0.1, 0.15) is 15.9 Å². The van der Waals surface area contributed by atoms with Crippen molar-refractivity contribution in [3.63, 3.8) is 0 Å². The van der Waals surface area contributed by atoms with Crippen molar-refractivity contribution in [2.24, 2.45) is 0 Å². The number of pyridine rings is 2. The molecule has 1 N–H and O–H groups in total. The standard InChI is InChI=1S/C13H11BrClN3O/c14-10-6-11(12(15)18-8-10)13(19)17-5-3-9-2-1-4-16-7-9/h1-2,4,6-8H,3,5H2,(H,17,19). The largest absolute Gasteiger partial charge is 0.352 e. The Hall–Kier alpha value is -1.46. The highest BCUT2D eigenvalue weighted by Gasteiger charge is 2.11. The lowest BCUT2D eigenvalue weighted by Gasteiger charge is -2.06. The van der Waals surface area contributed by atoms with Gasteiger partial charge >= 0.3 is 0 Å². The van der Waals surface area contributed by atoms with Crippen LogP contribution in [0.2, 0.25) is 5.15 Å². The summed E-state index contributed by atoms with van der Waals surface area (Å²) >= 11 is 9.14. The van der Waals surface area contributed by atoms with Gasteiger partial charge in [0.1, 0.15) is 5.15 Å². The third-order valence-electron chi connectivity index (χ3n) is 2.47. The molecule has 1 amide bonds. The quantitative estimate of drug-likeness (QED) is 0.871. The highest BCUT2D eigenvalue weighted by Crippen LogP contribution is 2.17. The van der Waals surface area contributed by atoms with Crippen molar-refractivity contribution in [3.8, 4) is 0 Å². The van der Waals surface area contributed by atoms with E-state index in [-0.39, 0.29) is 11.1 Å². The summed E-state index contributed by atoms with van der Waals surface area (Å²) in [6, 6.07) is 5.48. The molecule has 0 fully saturated rings. The number of rotatable bonds is 4. The Morgan fingerprint density at radius 1 is 1.42 bits per heavy atom. The Bertz CT molecular complexity index is 577. The van der Waals surface area contributed by atoms with Crippen molar-refractivity contribution < 1.29 is 4.79 Å². The first-order valence-electron chi connectivity index (χ1n) is 5.65. The van der Waals surface area contributed by atoms with Gasteiger partial charge in [-0.25, -0.2) is 4.98 Å². The van der Waals surface area contributed by atoms with Gasteiger partial charge in [-0.3, -0.25) is 9.78 Å². The van der Waals surface area contributed by atoms with Crippen LogP contribution in [0.5, 0.6) is 0 Å². The molecule has 19 heavy (non-hydrogen) atoms. The van der Waals surface area contributed by atoms with Crippen LogP contribution in [0, 0.1) is 0 Å². The van der Waals surface area contributed by atoms with Crippen LogP contribution in [0.4, 0.5) is 0 Å². The molecule has 0 radical (unpaired) electrons. The van der Waals surface area contributed by atoms with E-state index in [1.54, 1.807) is 24.7 Å². The zero-order valence-electron chi connectivity index (χ0n) is 9.94. The van der Waals surface area contributed by atoms with E-state index in [4.69, 9.17) is 11.6 Å². The highest BCUT2D eigenvalue weighted by molar-refractivity contribution is 9.10. The van der Waals surface area contributed by atoms with E-state index in [0.29, 0.717) is 16.6 Å². The lowest BCUT2D eigenvalue weighted by atomic mass is 10.2. The molecule has 0 aliphatic carbocycles. The van der Waals surface area contributed by atoms with Gasteiger partial charge in [-0.15, -0.1) is 0 Å². The van der Waals surface area contributed by atoms with Crippen LogP contribution in [0.25, 0.3) is 0 Å². The van der Waals surface area contributed by atoms with Crippen LogP contribution < -0.4 is 5.32 Å². The van der Waals surface area contributed by atoms with Crippen molar-refractivity contribution in [1.29, 1.82) is 0 Å². The second kappa shape index (κ2) is 6.63. The second-order valence-electron chi connectivity index (χ2n) is 3.86. The Labute approximate surface area is 124 Å². The first kappa shape index (κ1) is 14.0. The van der Waals surface area contributed by atoms with Crippen molar-refractivity contribution in [2.75, 3.05) is 6.54 Å². The van der Waals surface area contributed by atoms with E-state index in [2.05, 4.69) is 31.2 Å². The number of nitrogens with one attached hydrogen (secondary N) is 1. The second-order valence-corrected chi connectivity index (χ2v) is 5.13. The summed E-state index contributed by atoms with van der Waals surface area (Å²) in [6.07, 6.45) is 5.77. The molecule has 0 aliphatic heterocycles. The SMILES string of the molecule is O=C(NCCc1cccnc1)c1cc(Br)cnc1Cl. The normalized spacial score (nSPS) is 10.2. The van der Waals surface area contributed by atoms with E-state index in [9.17, 15) is 4.79 Å². The summed E-state index contributed by atoms with van der Waals surface area (Å²) in [5, 5.41) is 3.00. The molecule has 2 aromatic heterocycles. The van der Waals surface area contributed by atoms with Crippen LogP contribution in [-0.2, 0) is 6.42 Å². The summed E-state index contributed by atoms with van der Waals surface area (Å²) in [6.45, 7) is 0.521. The van der Waals surface area contributed by atoms with Crippen molar-refractivity contribution in [3.05, 3.63) is 57.5 Å². The number of amides is 1. The van der Waals surface area contributed by atoms with E-state index in [1.165, 1.54) is 0 Å². The minimum absolute atomic E-state index is 0.196. The predicted molar refractivity (Wildman–Crippen MR) is 77.2 cm³/mol. The number of hydrogen-bond donors (Lipinski definition) is 1. The summed E-state index contributed by atoms with van der Waals surface area (Å²) in [7, 11) is 0. The molecule has 0 bridgehead atoms. The Morgan fingerprint density at radius 3 is 3.00 bits per heavy atom. The zero-order chi connectivity index (χ0) is 13.7. The third-order valence-corrected chi connectivity index (χ3v) is 3.21. The fourth-order valence-corrected chi connectivity index (χ4v) is 2.06. The maximum Gasteiger partial charge on any atom is 0.254 e. The maximum atomic E-state index is 11.9. The molecule has 0 saturated heterocycles. The van der Waals surface area contributed by atoms with Crippen molar-refractivity contribution >= 4 is 33.4 Å². The predicted octanol–water partition coefficient (Wildman–Crippen LogP) is 2.87. The molecular formula is C13H11BrClN3O. The van der Waals surface area contributed by atoms with E-state index < -0.39 is 0 Å². The molecule has 0 aromatic carbocycles. The van der Waals surface area contributed by atoms with Gasteiger partial charge in [-0.1, -0.05) is 17.7 Å². The monoisotopic (exact) mass is 339 g/mol. The fourth-order valence-electron chi connectivity index (χ4n) is 1.54. The topological polar surface area (TPSA) is 54.9 Å². The first-order valence-corrected chi connectivity index (χ1v) is 6.82. The van der Waals surface area contributed by atoms with Crippen LogP contribution >= 0.6 is 27.5 Å². The molecule has 6 heteroatoms. The average Bonchev–Trinajstić information content (AvgIpc) is 2.42. The molecule has 2 aromatic rings. The van der Waals surface area contributed by atoms with Gasteiger partial charge in [0, 0.05) is 29.6 Å². The summed E-state index contributed by atoms with van der Waals surface area (Å²) in [5.41, 5.74) is 1.43. The molecule has 0 spiro atoms. The average molecular weight is 341 g/mol. The van der Waals surface area contributed by atoms with E-state index in [1.807, 2.05) is 12.1 Å². The van der Waals surface area contributed by atoms with Gasteiger partial charge in [0.25, 0.3) is 5.91 Å². The number of hydrogen-bond acceptors (Lipinski definition) is 3. The van der Waals surface area contributed by atoms with Gasteiger partial charge in [0.05, 0.1) is 5.56 Å². The highest BCUT2D eigenvalue weighted by atomic mass is 79.9. The number of halogens is 2. The van der Waals surface area contributed by atoms with Gasteiger partial charge in [0.15, 0.2) is 0 Å². The number of carbonyl (C=O) groups excluding carboxylic acids is 1. The number of nitrogens with zero attached hydrogens (tertiary/aromatic N) is 2. The third kappa shape index (κ3) is 4.01. The van der Waals surface area contributed by atoms with Crippen LogP contribution in [-0.4, -0.2) is 22.4 Å².